The number of ketones is 1. The molecule has 5 nitrogen and oxygen atoms in total. The summed E-state index contributed by atoms with van der Waals surface area (Å²) >= 11 is 1.63. The Hall–Kier alpha value is -2.87. The molecule has 3 aromatic rings. The van der Waals surface area contributed by atoms with Gasteiger partial charge in [0.15, 0.2) is 5.78 Å². The minimum atomic E-state index is -0.700. The van der Waals surface area contributed by atoms with Crippen molar-refractivity contribution in [2.24, 2.45) is 0 Å². The molecule has 1 aliphatic carbocycles. The third kappa shape index (κ3) is 2.75. The van der Waals surface area contributed by atoms with Crippen molar-refractivity contribution in [2.75, 3.05) is 5.32 Å². The zero-order valence-electron chi connectivity index (χ0n) is 14.9. The lowest BCUT2D eigenvalue weighted by molar-refractivity contribution is -0.116. The molecule has 0 amide bonds. The number of halogens is 2. The molecule has 0 bridgehead atoms. The highest BCUT2D eigenvalue weighted by atomic mass is 32.1. The van der Waals surface area contributed by atoms with E-state index in [9.17, 15) is 13.6 Å². The van der Waals surface area contributed by atoms with Gasteiger partial charge in [-0.15, -0.1) is 11.3 Å². The van der Waals surface area contributed by atoms with E-state index in [1.54, 1.807) is 22.9 Å². The zero-order chi connectivity index (χ0) is 19.4. The van der Waals surface area contributed by atoms with Crippen LogP contribution in [0.25, 0.3) is 0 Å². The number of rotatable bonds is 2. The molecule has 28 heavy (non-hydrogen) atoms. The van der Waals surface area contributed by atoms with Crippen LogP contribution in [0.15, 0.2) is 47.0 Å². The summed E-state index contributed by atoms with van der Waals surface area (Å²) < 4.78 is 29.4. The summed E-state index contributed by atoms with van der Waals surface area (Å²) in [5, 5.41) is 9.61. The topological polar surface area (TPSA) is 59.8 Å². The number of aromatic nitrogens is 3. The molecule has 0 radical (unpaired) electrons. The third-order valence-electron chi connectivity index (χ3n) is 5.17. The average Bonchev–Trinajstić information content (AvgIpc) is 3.27. The molecule has 2 atom stereocenters. The second kappa shape index (κ2) is 6.34. The van der Waals surface area contributed by atoms with Crippen LogP contribution in [0.3, 0.4) is 0 Å². The number of carbonyl (C=O) groups excluding carboxylic acids is 1. The summed E-state index contributed by atoms with van der Waals surface area (Å²) in [5.41, 5.74) is 1.61. The second-order valence-corrected chi connectivity index (χ2v) is 8.07. The van der Waals surface area contributed by atoms with Gasteiger partial charge in [-0.1, -0.05) is 6.07 Å². The summed E-state index contributed by atoms with van der Waals surface area (Å²) in [6.07, 6.45) is 1.00. The zero-order valence-corrected chi connectivity index (χ0v) is 15.8. The SMILES string of the molecule is Cc1nc2n(n1)[C@H](c1cc(F)cc(F)c1)C1=C(C[C@H](c3cccs3)CC1=O)N2. The Morgan fingerprint density at radius 2 is 2.00 bits per heavy atom. The number of hydrogen-bond donors (Lipinski definition) is 1. The number of anilines is 1. The molecular formula is C20H16F2N4OS. The van der Waals surface area contributed by atoms with Gasteiger partial charge in [0.2, 0.25) is 5.95 Å². The third-order valence-corrected chi connectivity index (χ3v) is 6.21. The fourth-order valence-electron chi connectivity index (χ4n) is 4.08. The minimum absolute atomic E-state index is 0.0411. The van der Waals surface area contributed by atoms with E-state index in [0.717, 1.165) is 16.6 Å². The van der Waals surface area contributed by atoms with Crippen LogP contribution in [0.5, 0.6) is 0 Å². The quantitative estimate of drug-likeness (QED) is 0.698. The summed E-state index contributed by atoms with van der Waals surface area (Å²) in [6, 6.07) is 6.63. The Morgan fingerprint density at radius 1 is 1.21 bits per heavy atom. The van der Waals surface area contributed by atoms with Crippen molar-refractivity contribution in [3.8, 4) is 0 Å². The number of aryl methyl sites for hydroxylation is 1. The summed E-state index contributed by atoms with van der Waals surface area (Å²) in [5.74, 6) is -0.334. The first-order valence-corrected chi connectivity index (χ1v) is 9.83. The van der Waals surface area contributed by atoms with Crippen molar-refractivity contribution in [3.05, 3.63) is 74.9 Å². The Labute approximate surface area is 163 Å². The van der Waals surface area contributed by atoms with Crippen LogP contribution < -0.4 is 5.32 Å². The lowest BCUT2D eigenvalue weighted by Crippen LogP contribution is -2.33. The molecule has 5 rings (SSSR count). The van der Waals surface area contributed by atoms with Crippen molar-refractivity contribution in [1.29, 1.82) is 0 Å². The van der Waals surface area contributed by atoms with Gasteiger partial charge in [-0.2, -0.15) is 10.1 Å². The first kappa shape index (κ1) is 17.2. The molecule has 0 unspecified atom stereocenters. The number of thiophene rings is 1. The van der Waals surface area contributed by atoms with Gasteiger partial charge in [0.25, 0.3) is 0 Å². The molecule has 3 heterocycles. The van der Waals surface area contributed by atoms with Crippen LogP contribution in [0.1, 0.15) is 41.1 Å². The molecule has 2 aromatic heterocycles. The van der Waals surface area contributed by atoms with Crippen LogP contribution in [0, 0.1) is 18.6 Å². The maximum absolute atomic E-state index is 13.9. The number of carbonyl (C=O) groups is 1. The molecular weight excluding hydrogens is 382 g/mol. The molecule has 0 spiro atoms. The van der Waals surface area contributed by atoms with Gasteiger partial charge in [0, 0.05) is 34.6 Å². The Bertz CT molecular complexity index is 1100. The van der Waals surface area contributed by atoms with Crippen molar-refractivity contribution >= 4 is 23.1 Å². The number of nitrogens with one attached hydrogen (secondary N) is 1. The number of allylic oxidation sites excluding steroid dienone is 2. The van der Waals surface area contributed by atoms with Crippen molar-refractivity contribution < 1.29 is 13.6 Å². The van der Waals surface area contributed by atoms with Gasteiger partial charge in [-0.05, 0) is 42.5 Å². The highest BCUT2D eigenvalue weighted by Crippen LogP contribution is 2.44. The van der Waals surface area contributed by atoms with Gasteiger partial charge in [-0.3, -0.25) is 4.79 Å². The van der Waals surface area contributed by atoms with Crippen molar-refractivity contribution in [1.82, 2.24) is 14.8 Å². The number of Topliss-reactive ketones (excluding diaryl/α,β-unsaturated/α-hetero) is 1. The fourth-order valence-corrected chi connectivity index (χ4v) is 4.92. The first-order valence-electron chi connectivity index (χ1n) is 8.95. The van der Waals surface area contributed by atoms with E-state index < -0.39 is 17.7 Å². The largest absolute Gasteiger partial charge is 0.328 e. The fraction of sp³-hybridized carbons (Fsp3) is 0.250. The van der Waals surface area contributed by atoms with Crippen LogP contribution in [0.2, 0.25) is 0 Å². The van der Waals surface area contributed by atoms with Crippen molar-refractivity contribution in [3.63, 3.8) is 0 Å². The first-order chi connectivity index (χ1) is 13.5. The standard InChI is InChI=1S/C20H16F2N4OS/c1-10-23-20-24-15-7-11(17-3-2-4-28-17)8-16(27)18(15)19(26(20)25-10)12-5-13(21)9-14(22)6-12/h2-6,9,11,19H,7-8H2,1H3,(H,23,24,25)/t11-,19+/m0/s1. The van der Waals surface area contributed by atoms with Gasteiger partial charge in [0.1, 0.15) is 23.5 Å². The molecule has 0 fully saturated rings. The number of hydrogen-bond acceptors (Lipinski definition) is 5. The van der Waals surface area contributed by atoms with E-state index in [2.05, 4.69) is 15.4 Å². The van der Waals surface area contributed by atoms with Gasteiger partial charge in [-0.25, -0.2) is 13.5 Å². The smallest absolute Gasteiger partial charge is 0.226 e. The van der Waals surface area contributed by atoms with E-state index in [-0.39, 0.29) is 11.7 Å². The van der Waals surface area contributed by atoms with Crippen LogP contribution >= 0.6 is 11.3 Å². The Kier molecular flexibility index (Phi) is 3.90. The molecule has 1 aromatic carbocycles. The minimum Gasteiger partial charge on any atom is -0.328 e. The van der Waals surface area contributed by atoms with Crippen molar-refractivity contribution in [2.45, 2.75) is 31.7 Å². The van der Waals surface area contributed by atoms with E-state index in [1.807, 2.05) is 17.5 Å². The van der Waals surface area contributed by atoms with Gasteiger partial charge in [0.05, 0.1) is 0 Å². The molecule has 8 heteroatoms. The van der Waals surface area contributed by atoms with E-state index in [0.29, 0.717) is 35.8 Å². The Morgan fingerprint density at radius 3 is 2.71 bits per heavy atom. The maximum Gasteiger partial charge on any atom is 0.226 e. The summed E-state index contributed by atoms with van der Waals surface area (Å²) in [7, 11) is 0. The Balaban J connectivity index is 1.66. The highest BCUT2D eigenvalue weighted by molar-refractivity contribution is 7.10. The van der Waals surface area contributed by atoms with E-state index >= 15 is 0 Å². The monoisotopic (exact) mass is 398 g/mol. The van der Waals surface area contributed by atoms with E-state index in [1.165, 1.54) is 12.1 Å². The van der Waals surface area contributed by atoms with Gasteiger partial charge < -0.3 is 5.32 Å². The summed E-state index contributed by atoms with van der Waals surface area (Å²) in [4.78, 5) is 18.7. The van der Waals surface area contributed by atoms with Crippen LogP contribution in [-0.4, -0.2) is 20.5 Å². The highest BCUT2D eigenvalue weighted by Gasteiger charge is 2.40. The number of fused-ring (bicyclic) bond motifs is 1. The molecule has 0 saturated carbocycles. The molecule has 1 N–H and O–H groups in total. The maximum atomic E-state index is 13.9. The second-order valence-electron chi connectivity index (χ2n) is 7.09. The molecule has 0 saturated heterocycles. The molecule has 142 valence electrons. The van der Waals surface area contributed by atoms with Crippen LogP contribution in [-0.2, 0) is 4.79 Å². The molecule has 1 aliphatic heterocycles. The van der Waals surface area contributed by atoms with E-state index in [4.69, 9.17) is 0 Å². The summed E-state index contributed by atoms with van der Waals surface area (Å²) in [6.45, 7) is 1.74. The van der Waals surface area contributed by atoms with Gasteiger partial charge >= 0.3 is 0 Å². The number of nitrogens with zero attached hydrogens (tertiary/aromatic N) is 3. The number of benzene rings is 1. The lowest BCUT2D eigenvalue weighted by atomic mass is 9.80. The predicted molar refractivity (Wildman–Crippen MR) is 101 cm³/mol. The molecule has 2 aliphatic rings. The normalized spacial score (nSPS) is 21.3. The predicted octanol–water partition coefficient (Wildman–Crippen LogP) is 4.34. The average molecular weight is 398 g/mol. The lowest BCUT2D eigenvalue weighted by Gasteiger charge is -2.34. The van der Waals surface area contributed by atoms with Crippen LogP contribution in [0.4, 0.5) is 14.7 Å².